The smallest absolute Gasteiger partial charge is 0.265 e. The van der Waals surface area contributed by atoms with Gasteiger partial charge in [0.2, 0.25) is 22.7 Å². The van der Waals surface area contributed by atoms with E-state index in [-0.39, 0.29) is 41.6 Å². The molecule has 0 saturated carbocycles. The van der Waals surface area contributed by atoms with Gasteiger partial charge in [-0.1, -0.05) is 103 Å². The van der Waals surface area contributed by atoms with Crippen LogP contribution in [0.1, 0.15) is 135 Å². The maximum Gasteiger partial charge on any atom is 0.265 e. The standard InChI is InChI=1S/C44H68F4N2O6S2/c1-10-22-44(7,32(5)30-43(6,12-3)42(52)49-23-18-24-50(8,9)25-19-28-58(53,54)55)34(29-31(4)11-2)35-36(45)38(47)40(39(48)37(35)46)56-26-16-17-27-57-41(51)33-20-14-13-15-21-33/h13-15,20-21,31-32,34H,10-12,16-19,22-30H2,1-9H3,(H-,49,52,53,54,55)/p+1. The number of nitrogens with zero attached hydrogens (tertiary/aromatic N) is 1. The molecule has 5 atom stereocenters. The number of carbonyl (C=O) groups excluding carboxylic acids is 2. The minimum atomic E-state index is -4.03. The lowest BCUT2D eigenvalue weighted by Crippen LogP contribution is -2.45. The van der Waals surface area contributed by atoms with E-state index in [2.05, 4.69) is 5.32 Å². The number of benzene rings is 2. The summed E-state index contributed by atoms with van der Waals surface area (Å²) in [4.78, 5) is 26.1. The Labute approximate surface area is 350 Å². The van der Waals surface area contributed by atoms with Crippen LogP contribution in [0.25, 0.3) is 0 Å². The first kappa shape index (κ1) is 51.5. The maximum atomic E-state index is 16.3. The third-order valence-corrected chi connectivity index (χ3v) is 14.0. The second-order valence-corrected chi connectivity index (χ2v) is 19.9. The molecule has 0 aliphatic heterocycles. The molecule has 2 aromatic carbocycles. The summed E-state index contributed by atoms with van der Waals surface area (Å²) in [5.41, 5.74) is -1.77. The van der Waals surface area contributed by atoms with Crippen LogP contribution in [0.4, 0.5) is 17.6 Å². The first-order chi connectivity index (χ1) is 27.1. The highest BCUT2D eigenvalue weighted by atomic mass is 32.2. The van der Waals surface area contributed by atoms with Gasteiger partial charge in [-0.05, 0) is 61.7 Å². The Morgan fingerprint density at radius 2 is 1.52 bits per heavy atom. The lowest BCUT2D eigenvalue weighted by Gasteiger charge is -2.46. The minimum Gasteiger partial charge on any atom is -0.487 e. The summed E-state index contributed by atoms with van der Waals surface area (Å²) in [7, 11) is -0.116. The van der Waals surface area contributed by atoms with Crippen LogP contribution in [0.2, 0.25) is 0 Å². The summed E-state index contributed by atoms with van der Waals surface area (Å²) in [5, 5.41) is 2.96. The largest absolute Gasteiger partial charge is 0.487 e. The molecule has 14 heteroatoms. The van der Waals surface area contributed by atoms with Gasteiger partial charge < -0.3 is 14.5 Å². The molecule has 0 spiro atoms. The quantitative estimate of drug-likeness (QED) is 0.0303. The van der Waals surface area contributed by atoms with Crippen molar-refractivity contribution in [3.63, 3.8) is 0 Å². The van der Waals surface area contributed by atoms with E-state index in [1.165, 1.54) is 0 Å². The second-order valence-electron chi connectivity index (χ2n) is 17.3. The van der Waals surface area contributed by atoms with E-state index in [0.717, 1.165) is 11.8 Å². The fourth-order valence-electron chi connectivity index (χ4n) is 7.87. The number of carbonyl (C=O) groups is 2. The van der Waals surface area contributed by atoms with Crippen molar-refractivity contribution in [3.8, 4) is 5.75 Å². The van der Waals surface area contributed by atoms with Crippen LogP contribution in [-0.2, 0) is 14.9 Å². The summed E-state index contributed by atoms with van der Waals surface area (Å²) in [5.74, 6) is -8.43. The Morgan fingerprint density at radius 3 is 2.07 bits per heavy atom. The zero-order valence-electron chi connectivity index (χ0n) is 36.2. The summed E-state index contributed by atoms with van der Waals surface area (Å²) >= 11 is 1.11. The molecule has 0 heterocycles. The third-order valence-electron chi connectivity index (χ3n) is 12.2. The molecule has 1 amide bonds. The Balaban J connectivity index is 2.27. The van der Waals surface area contributed by atoms with Crippen LogP contribution in [0.15, 0.2) is 30.3 Å². The zero-order valence-corrected chi connectivity index (χ0v) is 37.8. The van der Waals surface area contributed by atoms with Crippen molar-refractivity contribution in [2.75, 3.05) is 51.8 Å². The Kier molecular flexibility index (Phi) is 20.7. The van der Waals surface area contributed by atoms with Gasteiger partial charge >= 0.3 is 0 Å². The highest BCUT2D eigenvalue weighted by Crippen LogP contribution is 2.54. The molecule has 0 aromatic heterocycles. The van der Waals surface area contributed by atoms with E-state index in [9.17, 15) is 18.0 Å². The molecule has 0 saturated heterocycles. The van der Waals surface area contributed by atoms with Crippen molar-refractivity contribution < 1.29 is 49.3 Å². The molecule has 0 aliphatic carbocycles. The van der Waals surface area contributed by atoms with Gasteiger partial charge in [0.05, 0.1) is 39.5 Å². The molecule has 2 N–H and O–H groups in total. The van der Waals surface area contributed by atoms with Gasteiger partial charge in [-0.3, -0.25) is 14.1 Å². The second kappa shape index (κ2) is 23.4. The number of hydrogen-bond acceptors (Lipinski definition) is 6. The van der Waals surface area contributed by atoms with E-state index < -0.39 is 61.4 Å². The van der Waals surface area contributed by atoms with Crippen LogP contribution in [0.3, 0.4) is 0 Å². The Hall–Kier alpha value is -2.68. The third kappa shape index (κ3) is 15.1. The molecule has 330 valence electrons. The van der Waals surface area contributed by atoms with E-state index in [1.807, 2.05) is 68.6 Å². The van der Waals surface area contributed by atoms with Crippen LogP contribution in [0, 0.1) is 45.9 Å². The maximum absolute atomic E-state index is 16.3. The van der Waals surface area contributed by atoms with Gasteiger partial charge in [0, 0.05) is 41.7 Å². The number of halogens is 4. The Morgan fingerprint density at radius 1 is 0.914 bits per heavy atom. The van der Waals surface area contributed by atoms with Gasteiger partial charge in [0.15, 0.2) is 17.4 Å². The molecular formula is C44H69F4N2O6S2+. The molecule has 0 fully saturated rings. The molecule has 0 radical (unpaired) electrons. The highest BCUT2D eigenvalue weighted by Gasteiger charge is 2.47. The normalized spacial score (nSPS) is 15.9. The number of quaternary nitrogens is 1. The number of hydrogen-bond donors (Lipinski definition) is 2. The minimum absolute atomic E-state index is 0.0302. The number of rotatable bonds is 27. The first-order valence-electron chi connectivity index (χ1n) is 20.8. The summed E-state index contributed by atoms with van der Waals surface area (Å²) in [6.07, 6.45) is 4.67. The van der Waals surface area contributed by atoms with Crippen LogP contribution in [-0.4, -0.2) is 80.3 Å². The van der Waals surface area contributed by atoms with Gasteiger partial charge in [-0.25, -0.2) is 8.78 Å². The van der Waals surface area contributed by atoms with Crippen molar-refractivity contribution in [2.24, 2.45) is 22.7 Å². The number of amides is 1. The number of ether oxygens (including phenoxy) is 1. The molecule has 0 bridgehead atoms. The Bertz CT molecular complexity index is 1700. The summed E-state index contributed by atoms with van der Waals surface area (Å²) < 4.78 is 101. The van der Waals surface area contributed by atoms with Crippen LogP contribution < -0.4 is 10.1 Å². The molecule has 2 aromatic rings. The number of thioether (sulfide) groups is 1. The molecule has 2 rings (SSSR count). The molecule has 0 aliphatic rings. The predicted octanol–water partition coefficient (Wildman–Crippen LogP) is 10.6. The van der Waals surface area contributed by atoms with Crippen LogP contribution in [0.5, 0.6) is 5.75 Å². The van der Waals surface area contributed by atoms with Crippen molar-refractivity contribution in [2.45, 2.75) is 119 Å². The molecule has 5 unspecified atom stereocenters. The lowest BCUT2D eigenvalue weighted by atomic mass is 9.58. The number of nitrogens with one attached hydrogen (secondary N) is 1. The first-order valence-corrected chi connectivity index (χ1v) is 23.4. The van der Waals surface area contributed by atoms with Gasteiger partial charge in [0.1, 0.15) is 0 Å². The zero-order chi connectivity index (χ0) is 43.9. The summed E-state index contributed by atoms with van der Waals surface area (Å²) in [6.45, 7) is 14.9. The van der Waals surface area contributed by atoms with Crippen molar-refractivity contribution in [1.29, 1.82) is 0 Å². The van der Waals surface area contributed by atoms with E-state index in [0.29, 0.717) is 93.2 Å². The SMILES string of the molecule is CCCC(C)(C(C)CC(C)(CC)C(=O)NCCC[N+](C)(C)CCCS(=O)(=O)O)C(CC(C)CC)c1c(F)c(F)c(OCCCCSC(=O)c2ccccc2)c(F)c1F. The van der Waals surface area contributed by atoms with Crippen molar-refractivity contribution in [1.82, 2.24) is 5.32 Å². The fourth-order valence-corrected chi connectivity index (χ4v) is 9.20. The van der Waals surface area contributed by atoms with Crippen LogP contribution >= 0.6 is 11.8 Å². The van der Waals surface area contributed by atoms with Crippen molar-refractivity contribution >= 4 is 32.9 Å². The predicted molar refractivity (Wildman–Crippen MR) is 227 cm³/mol. The van der Waals surface area contributed by atoms with Gasteiger partial charge in [0.25, 0.3) is 10.1 Å². The topological polar surface area (TPSA) is 110 Å². The van der Waals surface area contributed by atoms with Gasteiger partial charge in [-0.2, -0.15) is 17.2 Å². The monoisotopic (exact) mass is 861 g/mol. The average molecular weight is 862 g/mol. The fraction of sp³-hybridized carbons (Fsp3) is 0.682. The van der Waals surface area contributed by atoms with Crippen molar-refractivity contribution in [3.05, 3.63) is 64.7 Å². The van der Waals surface area contributed by atoms with E-state index in [4.69, 9.17) is 9.29 Å². The molecule has 8 nitrogen and oxygen atoms in total. The average Bonchev–Trinajstić information content (AvgIpc) is 3.17. The molecular weight excluding hydrogens is 793 g/mol. The molecule has 58 heavy (non-hydrogen) atoms. The van der Waals surface area contributed by atoms with E-state index >= 15 is 17.6 Å². The highest BCUT2D eigenvalue weighted by molar-refractivity contribution is 8.14. The lowest BCUT2D eigenvalue weighted by molar-refractivity contribution is -0.890. The summed E-state index contributed by atoms with van der Waals surface area (Å²) in [6, 6.07) is 8.79. The van der Waals surface area contributed by atoms with Gasteiger partial charge in [-0.15, -0.1) is 0 Å². The van der Waals surface area contributed by atoms with E-state index in [1.54, 1.807) is 24.3 Å². The number of unbranched alkanes of at least 4 members (excludes halogenated alkanes) is 1.